The Labute approximate surface area is 159 Å². The summed E-state index contributed by atoms with van der Waals surface area (Å²) < 4.78 is 46.0. The van der Waals surface area contributed by atoms with E-state index in [1.807, 2.05) is 0 Å². The van der Waals surface area contributed by atoms with Crippen LogP contribution < -0.4 is 10.1 Å². The first-order valence-corrected chi connectivity index (χ1v) is 8.33. The van der Waals surface area contributed by atoms with Crippen molar-refractivity contribution < 1.29 is 32.2 Å². The molecule has 0 saturated carbocycles. The van der Waals surface area contributed by atoms with Crippen molar-refractivity contribution in [1.82, 2.24) is 5.32 Å². The maximum atomic E-state index is 12.8. The first kappa shape index (κ1) is 21.0. The number of hydrogen-bond donors (Lipinski definition) is 1. The van der Waals surface area contributed by atoms with Crippen LogP contribution >= 0.6 is 0 Å². The lowest BCUT2D eigenvalue weighted by atomic mass is 10.1. The average Bonchev–Trinajstić information content (AvgIpc) is 2.67. The van der Waals surface area contributed by atoms with Crippen LogP contribution in [-0.2, 0) is 20.7 Å². The molecule has 0 saturated heterocycles. The fourth-order valence-electron chi connectivity index (χ4n) is 2.16. The lowest BCUT2D eigenvalue weighted by Crippen LogP contribution is -2.30. The minimum atomic E-state index is -2.88. The molecular weight excluding hydrogens is 375 g/mol. The number of halogens is 3. The second-order valence-electron chi connectivity index (χ2n) is 5.62. The molecule has 2 aromatic rings. The van der Waals surface area contributed by atoms with Gasteiger partial charge in [-0.3, -0.25) is 4.79 Å². The number of amides is 1. The van der Waals surface area contributed by atoms with E-state index in [0.29, 0.717) is 12.0 Å². The summed E-state index contributed by atoms with van der Waals surface area (Å²) in [7, 11) is 0. The fraction of sp³-hybridized carbons (Fsp3) is 0.200. The third-order valence-corrected chi connectivity index (χ3v) is 3.51. The van der Waals surface area contributed by atoms with Crippen molar-refractivity contribution in [3.05, 3.63) is 71.6 Å². The Morgan fingerprint density at radius 3 is 2.36 bits per heavy atom. The predicted octanol–water partition coefficient (Wildman–Crippen LogP) is 3.34. The second kappa shape index (κ2) is 10.8. The number of esters is 1. The Bertz CT molecular complexity index is 805. The van der Waals surface area contributed by atoms with Crippen LogP contribution in [0.15, 0.2) is 54.6 Å². The van der Waals surface area contributed by atoms with Crippen LogP contribution in [0, 0.1) is 5.82 Å². The number of carbonyl (C=O) groups is 2. The van der Waals surface area contributed by atoms with Gasteiger partial charge in [0.25, 0.3) is 5.91 Å². The van der Waals surface area contributed by atoms with Crippen molar-refractivity contribution >= 4 is 18.0 Å². The van der Waals surface area contributed by atoms with E-state index in [9.17, 15) is 22.8 Å². The SMILES string of the molecule is O=C(COC(=O)/C=C/c1ccc(F)cc1)NCCc1ccc(OC(F)F)cc1. The van der Waals surface area contributed by atoms with Crippen LogP contribution in [-0.4, -0.2) is 31.6 Å². The Morgan fingerprint density at radius 1 is 1.04 bits per heavy atom. The van der Waals surface area contributed by atoms with Gasteiger partial charge >= 0.3 is 12.6 Å². The molecule has 0 bridgehead atoms. The lowest BCUT2D eigenvalue weighted by Gasteiger charge is -2.07. The zero-order valence-corrected chi connectivity index (χ0v) is 14.7. The summed E-state index contributed by atoms with van der Waals surface area (Å²) in [6, 6.07) is 11.6. The molecule has 0 aromatic heterocycles. The molecule has 1 N–H and O–H groups in total. The molecule has 0 unspecified atom stereocenters. The molecule has 0 aliphatic rings. The van der Waals surface area contributed by atoms with Crippen LogP contribution in [0.5, 0.6) is 5.75 Å². The monoisotopic (exact) mass is 393 g/mol. The molecule has 2 aromatic carbocycles. The summed E-state index contributed by atoms with van der Waals surface area (Å²) in [4.78, 5) is 23.2. The first-order valence-electron chi connectivity index (χ1n) is 8.33. The smallest absolute Gasteiger partial charge is 0.387 e. The number of ether oxygens (including phenoxy) is 2. The highest BCUT2D eigenvalue weighted by Gasteiger charge is 2.06. The van der Waals surface area contributed by atoms with E-state index in [-0.39, 0.29) is 18.1 Å². The van der Waals surface area contributed by atoms with Gasteiger partial charge in [0.05, 0.1) is 0 Å². The summed E-state index contributed by atoms with van der Waals surface area (Å²) in [5.74, 6) is -1.49. The molecule has 148 valence electrons. The van der Waals surface area contributed by atoms with Gasteiger partial charge in [-0.2, -0.15) is 8.78 Å². The third kappa shape index (κ3) is 7.94. The van der Waals surface area contributed by atoms with E-state index in [0.717, 1.165) is 11.6 Å². The summed E-state index contributed by atoms with van der Waals surface area (Å²) in [5.41, 5.74) is 1.44. The predicted molar refractivity (Wildman–Crippen MR) is 96.2 cm³/mol. The molecule has 8 heteroatoms. The number of nitrogens with one attached hydrogen (secondary N) is 1. The van der Waals surface area contributed by atoms with Gasteiger partial charge in [0.15, 0.2) is 6.61 Å². The topological polar surface area (TPSA) is 64.6 Å². The second-order valence-corrected chi connectivity index (χ2v) is 5.62. The molecule has 28 heavy (non-hydrogen) atoms. The van der Waals surface area contributed by atoms with Gasteiger partial charge < -0.3 is 14.8 Å². The van der Waals surface area contributed by atoms with E-state index in [1.54, 1.807) is 12.1 Å². The molecule has 0 spiro atoms. The van der Waals surface area contributed by atoms with Crippen LogP contribution in [0.4, 0.5) is 13.2 Å². The Kier molecular flexibility index (Phi) is 8.08. The number of rotatable bonds is 9. The van der Waals surface area contributed by atoms with Crippen molar-refractivity contribution in [1.29, 1.82) is 0 Å². The van der Waals surface area contributed by atoms with E-state index >= 15 is 0 Å². The highest BCUT2D eigenvalue weighted by atomic mass is 19.3. The number of hydrogen-bond acceptors (Lipinski definition) is 4. The maximum Gasteiger partial charge on any atom is 0.387 e. The molecule has 0 heterocycles. The van der Waals surface area contributed by atoms with E-state index in [4.69, 9.17) is 4.74 Å². The van der Waals surface area contributed by atoms with Crippen molar-refractivity contribution in [3.63, 3.8) is 0 Å². The van der Waals surface area contributed by atoms with E-state index in [2.05, 4.69) is 10.1 Å². The van der Waals surface area contributed by atoms with Gasteiger partial charge in [0.2, 0.25) is 0 Å². The van der Waals surface area contributed by atoms with Crippen molar-refractivity contribution in [2.24, 2.45) is 0 Å². The quantitative estimate of drug-likeness (QED) is 0.524. The number of benzene rings is 2. The molecule has 0 atom stereocenters. The van der Waals surface area contributed by atoms with Gasteiger partial charge in [-0.15, -0.1) is 0 Å². The van der Waals surface area contributed by atoms with Gasteiger partial charge in [-0.05, 0) is 47.9 Å². The van der Waals surface area contributed by atoms with Crippen LogP contribution in [0.2, 0.25) is 0 Å². The largest absolute Gasteiger partial charge is 0.452 e. The summed E-state index contributed by atoms with van der Waals surface area (Å²) in [6.45, 7) is -3.02. The molecule has 0 fully saturated rings. The highest BCUT2D eigenvalue weighted by molar-refractivity contribution is 5.89. The van der Waals surface area contributed by atoms with Gasteiger partial charge in [0, 0.05) is 12.6 Å². The molecule has 5 nitrogen and oxygen atoms in total. The fourth-order valence-corrected chi connectivity index (χ4v) is 2.16. The maximum absolute atomic E-state index is 12.8. The Hall–Kier alpha value is -3.29. The molecule has 0 aliphatic carbocycles. The molecule has 2 rings (SSSR count). The average molecular weight is 393 g/mol. The van der Waals surface area contributed by atoms with Gasteiger partial charge in [-0.1, -0.05) is 24.3 Å². The third-order valence-electron chi connectivity index (χ3n) is 3.51. The van der Waals surface area contributed by atoms with E-state index < -0.39 is 25.1 Å². The minimum absolute atomic E-state index is 0.0587. The van der Waals surface area contributed by atoms with Crippen LogP contribution in [0.1, 0.15) is 11.1 Å². The van der Waals surface area contributed by atoms with Crippen molar-refractivity contribution in [2.45, 2.75) is 13.0 Å². The normalized spacial score (nSPS) is 10.9. The lowest BCUT2D eigenvalue weighted by molar-refractivity contribution is -0.143. The molecule has 1 amide bonds. The Morgan fingerprint density at radius 2 is 1.71 bits per heavy atom. The summed E-state index contributed by atoms with van der Waals surface area (Å²) >= 11 is 0. The molecular formula is C20H18F3NO4. The minimum Gasteiger partial charge on any atom is -0.452 e. The van der Waals surface area contributed by atoms with Crippen molar-refractivity contribution in [3.8, 4) is 5.75 Å². The van der Waals surface area contributed by atoms with E-state index in [1.165, 1.54) is 42.5 Å². The molecule has 0 radical (unpaired) electrons. The van der Waals surface area contributed by atoms with Crippen LogP contribution in [0.3, 0.4) is 0 Å². The standard InChI is InChI=1S/C20H18F3NO4/c21-16-6-1-14(2-7-16)5-10-19(26)27-13-18(25)24-12-11-15-3-8-17(9-4-15)28-20(22)23/h1-10,20H,11-13H2,(H,24,25)/b10-5+. The van der Waals surface area contributed by atoms with Crippen molar-refractivity contribution in [2.75, 3.05) is 13.2 Å². The van der Waals surface area contributed by atoms with Crippen LogP contribution in [0.25, 0.3) is 6.08 Å². The number of carbonyl (C=O) groups excluding carboxylic acids is 2. The molecule has 0 aliphatic heterocycles. The van der Waals surface area contributed by atoms with Gasteiger partial charge in [-0.25, -0.2) is 9.18 Å². The van der Waals surface area contributed by atoms with Gasteiger partial charge in [0.1, 0.15) is 11.6 Å². The zero-order chi connectivity index (χ0) is 20.4. The first-order chi connectivity index (χ1) is 13.4. The summed E-state index contributed by atoms with van der Waals surface area (Å²) in [6.07, 6.45) is 3.06. The number of alkyl halides is 2. The zero-order valence-electron chi connectivity index (χ0n) is 14.7. The highest BCUT2D eigenvalue weighted by Crippen LogP contribution is 2.15. The Balaban J connectivity index is 1.65. The summed E-state index contributed by atoms with van der Waals surface area (Å²) in [5, 5.41) is 2.58.